The number of nitrogens with one attached hydrogen (secondary N) is 1. The third-order valence-electron chi connectivity index (χ3n) is 2.59. The van der Waals surface area contributed by atoms with E-state index in [9.17, 15) is 0 Å². The second-order valence-corrected chi connectivity index (χ2v) is 4.01. The van der Waals surface area contributed by atoms with Crippen molar-refractivity contribution in [3.63, 3.8) is 0 Å². The van der Waals surface area contributed by atoms with Crippen molar-refractivity contribution < 1.29 is 0 Å². The Labute approximate surface area is 102 Å². The van der Waals surface area contributed by atoms with Crippen molar-refractivity contribution >= 4 is 11.6 Å². The lowest BCUT2D eigenvalue weighted by molar-refractivity contribution is 0.691. The average molecular weight is 233 g/mol. The van der Waals surface area contributed by atoms with Crippen molar-refractivity contribution in [1.29, 1.82) is 5.26 Å². The van der Waals surface area contributed by atoms with Gasteiger partial charge in [0.05, 0.1) is 12.5 Å². The predicted octanol–water partition coefficient (Wildman–Crippen LogP) is 1.96. The van der Waals surface area contributed by atoms with E-state index in [1.54, 1.807) is 0 Å². The van der Waals surface area contributed by atoms with Crippen LogP contribution in [0.15, 0.2) is 6.07 Å². The molecule has 0 aromatic carbocycles. The summed E-state index contributed by atoms with van der Waals surface area (Å²) in [7, 11) is 1.94. The number of hydrogen-bond acceptors (Lipinski definition) is 5. The second kappa shape index (κ2) is 6.04. The maximum Gasteiger partial charge on any atom is 0.134 e. The molecule has 0 aliphatic heterocycles. The van der Waals surface area contributed by atoms with E-state index < -0.39 is 0 Å². The molecule has 1 N–H and O–H groups in total. The highest BCUT2D eigenvalue weighted by Crippen LogP contribution is 2.17. The van der Waals surface area contributed by atoms with Gasteiger partial charge in [-0.2, -0.15) is 5.26 Å². The van der Waals surface area contributed by atoms with Gasteiger partial charge in [0.15, 0.2) is 0 Å². The normalized spacial score (nSPS) is 11.7. The lowest BCUT2D eigenvalue weighted by Crippen LogP contribution is -2.29. The number of nitrogens with zero attached hydrogens (tertiary/aromatic N) is 4. The molecule has 17 heavy (non-hydrogen) atoms. The maximum atomic E-state index is 8.70. The summed E-state index contributed by atoms with van der Waals surface area (Å²) in [5.41, 5.74) is 0. The molecule has 1 atom stereocenters. The topological polar surface area (TPSA) is 64.8 Å². The van der Waals surface area contributed by atoms with Crippen LogP contribution < -0.4 is 10.2 Å². The van der Waals surface area contributed by atoms with Gasteiger partial charge in [0, 0.05) is 25.7 Å². The van der Waals surface area contributed by atoms with Gasteiger partial charge in [0.25, 0.3) is 0 Å². The van der Waals surface area contributed by atoms with Crippen LogP contribution in [0.5, 0.6) is 0 Å². The Morgan fingerprint density at radius 3 is 2.82 bits per heavy atom. The van der Waals surface area contributed by atoms with Crippen LogP contribution in [0.4, 0.5) is 11.6 Å². The predicted molar refractivity (Wildman–Crippen MR) is 69.0 cm³/mol. The minimum atomic E-state index is 0.142. The molecule has 0 radical (unpaired) electrons. The first-order chi connectivity index (χ1) is 8.08. The van der Waals surface area contributed by atoms with Crippen molar-refractivity contribution in [2.75, 3.05) is 23.8 Å². The molecule has 1 aromatic heterocycles. The molecule has 0 saturated carbocycles. The summed E-state index contributed by atoms with van der Waals surface area (Å²) in [4.78, 5) is 10.7. The largest absolute Gasteiger partial charge is 0.370 e. The van der Waals surface area contributed by atoms with Crippen LogP contribution in [0.2, 0.25) is 0 Å². The summed E-state index contributed by atoms with van der Waals surface area (Å²) in [6.07, 6.45) is 0.482. The fourth-order valence-electron chi connectivity index (χ4n) is 1.50. The Morgan fingerprint density at radius 2 is 2.24 bits per heavy atom. The van der Waals surface area contributed by atoms with Crippen LogP contribution in [-0.2, 0) is 0 Å². The van der Waals surface area contributed by atoms with Gasteiger partial charge < -0.3 is 10.2 Å². The fraction of sp³-hybridized carbons (Fsp3) is 0.583. The van der Waals surface area contributed by atoms with Crippen LogP contribution in [0, 0.1) is 18.3 Å². The molecule has 1 rings (SSSR count). The SMILES string of the molecule is CCNc1cc(N(C)C(C)CC#N)nc(C)n1. The minimum absolute atomic E-state index is 0.142. The van der Waals surface area contributed by atoms with Gasteiger partial charge in [-0.3, -0.25) is 0 Å². The molecule has 0 fully saturated rings. The van der Waals surface area contributed by atoms with E-state index in [1.165, 1.54) is 0 Å². The van der Waals surface area contributed by atoms with Crippen LogP contribution >= 0.6 is 0 Å². The monoisotopic (exact) mass is 233 g/mol. The Kier molecular flexibility index (Phi) is 4.70. The lowest BCUT2D eigenvalue weighted by atomic mass is 10.2. The van der Waals surface area contributed by atoms with Crippen molar-refractivity contribution in [2.24, 2.45) is 0 Å². The van der Waals surface area contributed by atoms with E-state index in [1.807, 2.05) is 38.8 Å². The van der Waals surface area contributed by atoms with E-state index >= 15 is 0 Å². The number of aryl methyl sites for hydroxylation is 1. The number of anilines is 2. The van der Waals surface area contributed by atoms with Crippen LogP contribution in [-0.4, -0.2) is 29.6 Å². The maximum absolute atomic E-state index is 8.70. The molecule has 0 bridgehead atoms. The average Bonchev–Trinajstić information content (AvgIpc) is 2.28. The first-order valence-electron chi connectivity index (χ1n) is 5.77. The first kappa shape index (κ1) is 13.2. The highest BCUT2D eigenvalue weighted by molar-refractivity contribution is 5.49. The number of rotatable bonds is 5. The molecule has 1 heterocycles. The molecule has 92 valence electrons. The van der Waals surface area contributed by atoms with E-state index in [2.05, 4.69) is 21.4 Å². The van der Waals surface area contributed by atoms with Crippen molar-refractivity contribution in [3.05, 3.63) is 11.9 Å². The molecule has 1 unspecified atom stereocenters. The Hall–Kier alpha value is -1.83. The van der Waals surface area contributed by atoms with E-state index in [0.717, 1.165) is 24.0 Å². The summed E-state index contributed by atoms with van der Waals surface area (Å²) in [6.45, 7) is 6.73. The van der Waals surface area contributed by atoms with Crippen molar-refractivity contribution in [2.45, 2.75) is 33.2 Å². The number of aromatic nitrogens is 2. The van der Waals surface area contributed by atoms with Gasteiger partial charge in [-0.25, -0.2) is 9.97 Å². The van der Waals surface area contributed by atoms with Crippen LogP contribution in [0.25, 0.3) is 0 Å². The fourth-order valence-corrected chi connectivity index (χ4v) is 1.50. The molecule has 5 heteroatoms. The Morgan fingerprint density at radius 1 is 1.53 bits per heavy atom. The quantitative estimate of drug-likeness (QED) is 0.842. The molecule has 0 saturated heterocycles. The number of hydrogen-bond donors (Lipinski definition) is 1. The zero-order valence-electron chi connectivity index (χ0n) is 10.9. The zero-order chi connectivity index (χ0) is 12.8. The molecule has 0 aliphatic rings. The Bertz CT molecular complexity index is 410. The molecular formula is C12H19N5. The molecule has 1 aromatic rings. The van der Waals surface area contributed by atoms with Gasteiger partial charge >= 0.3 is 0 Å². The first-order valence-corrected chi connectivity index (χ1v) is 5.77. The van der Waals surface area contributed by atoms with Gasteiger partial charge in [-0.05, 0) is 20.8 Å². The summed E-state index contributed by atoms with van der Waals surface area (Å²) < 4.78 is 0. The van der Waals surface area contributed by atoms with Gasteiger partial charge in [-0.15, -0.1) is 0 Å². The summed E-state index contributed by atoms with van der Waals surface area (Å²) >= 11 is 0. The lowest BCUT2D eigenvalue weighted by Gasteiger charge is -2.24. The van der Waals surface area contributed by atoms with Gasteiger partial charge in [0.1, 0.15) is 17.5 Å². The van der Waals surface area contributed by atoms with Crippen LogP contribution in [0.3, 0.4) is 0 Å². The Balaban J connectivity index is 2.93. The van der Waals surface area contributed by atoms with E-state index in [0.29, 0.717) is 6.42 Å². The van der Waals surface area contributed by atoms with Gasteiger partial charge in [-0.1, -0.05) is 0 Å². The van der Waals surface area contributed by atoms with Crippen LogP contribution in [0.1, 0.15) is 26.1 Å². The van der Waals surface area contributed by atoms with Gasteiger partial charge in [0.2, 0.25) is 0 Å². The van der Waals surface area contributed by atoms with E-state index in [-0.39, 0.29) is 6.04 Å². The van der Waals surface area contributed by atoms with Crippen molar-refractivity contribution in [1.82, 2.24) is 9.97 Å². The standard InChI is InChI=1S/C12H19N5/c1-5-14-11-8-12(16-10(3)15-11)17(4)9(2)6-7-13/h8-9H,5-6H2,1-4H3,(H,14,15,16). The zero-order valence-corrected chi connectivity index (χ0v) is 10.9. The smallest absolute Gasteiger partial charge is 0.134 e. The molecule has 5 nitrogen and oxygen atoms in total. The molecular weight excluding hydrogens is 214 g/mol. The number of nitriles is 1. The summed E-state index contributed by atoms with van der Waals surface area (Å²) in [5, 5.41) is 11.9. The van der Waals surface area contributed by atoms with Crippen molar-refractivity contribution in [3.8, 4) is 6.07 Å². The summed E-state index contributed by atoms with van der Waals surface area (Å²) in [6, 6.07) is 4.22. The highest BCUT2D eigenvalue weighted by Gasteiger charge is 2.12. The summed E-state index contributed by atoms with van der Waals surface area (Å²) in [5.74, 6) is 2.40. The third kappa shape index (κ3) is 3.59. The molecule has 0 aliphatic carbocycles. The second-order valence-electron chi connectivity index (χ2n) is 4.01. The highest BCUT2D eigenvalue weighted by atomic mass is 15.2. The molecule has 0 spiro atoms. The third-order valence-corrected chi connectivity index (χ3v) is 2.59. The van der Waals surface area contributed by atoms with E-state index in [4.69, 9.17) is 5.26 Å². The minimum Gasteiger partial charge on any atom is -0.370 e. The molecule has 0 amide bonds.